The van der Waals surface area contributed by atoms with Crippen molar-refractivity contribution in [3.63, 3.8) is 0 Å². The van der Waals surface area contributed by atoms with Gasteiger partial charge in [-0.25, -0.2) is 0 Å². The monoisotopic (exact) mass is 296 g/mol. The fourth-order valence-corrected chi connectivity index (χ4v) is 2.67. The van der Waals surface area contributed by atoms with Crippen LogP contribution in [0.5, 0.6) is 0 Å². The zero-order valence-electron chi connectivity index (χ0n) is 9.23. The first-order chi connectivity index (χ1) is 7.70. The summed E-state index contributed by atoms with van der Waals surface area (Å²) in [5.41, 5.74) is 0. The van der Waals surface area contributed by atoms with Crippen molar-refractivity contribution in [3.05, 3.63) is 21.3 Å². The summed E-state index contributed by atoms with van der Waals surface area (Å²) in [6, 6.07) is 3.48. The molecule has 17 heavy (non-hydrogen) atoms. The maximum Gasteiger partial charge on any atom is 0.261 e. The van der Waals surface area contributed by atoms with Gasteiger partial charge in [0, 0.05) is 20.2 Å². The molecule has 0 saturated carbocycles. The van der Waals surface area contributed by atoms with E-state index in [1.165, 1.54) is 11.3 Å². The maximum atomic E-state index is 11.8. The van der Waals surface area contributed by atoms with Gasteiger partial charge < -0.3 is 15.4 Å². The summed E-state index contributed by atoms with van der Waals surface area (Å²) in [6.07, 6.45) is 0.0411. The third-order valence-electron chi connectivity index (χ3n) is 2.57. The second-order valence-corrected chi connectivity index (χ2v) is 5.33. The molecular formula is C10H14Cl2N2O2S. The Hall–Kier alpha value is -0.330. The highest BCUT2D eigenvalue weighted by Gasteiger charge is 2.28. The Labute approximate surface area is 115 Å². The van der Waals surface area contributed by atoms with Gasteiger partial charge in [-0.3, -0.25) is 4.79 Å². The van der Waals surface area contributed by atoms with E-state index in [0.29, 0.717) is 9.21 Å². The molecule has 1 aliphatic heterocycles. The number of hydrogen-bond acceptors (Lipinski definition) is 4. The van der Waals surface area contributed by atoms with Gasteiger partial charge >= 0.3 is 0 Å². The lowest BCUT2D eigenvalue weighted by molar-refractivity contribution is 0.0783. The summed E-state index contributed by atoms with van der Waals surface area (Å²) < 4.78 is 5.89. The Bertz CT molecular complexity index is 386. The summed E-state index contributed by atoms with van der Waals surface area (Å²) in [4.78, 5) is 12.5. The van der Waals surface area contributed by atoms with E-state index in [0.717, 1.165) is 13.1 Å². The van der Waals surface area contributed by atoms with Crippen LogP contribution in [0, 0.1) is 0 Å². The van der Waals surface area contributed by atoms with Gasteiger partial charge in [0.25, 0.3) is 5.91 Å². The van der Waals surface area contributed by atoms with Gasteiger partial charge in [0.2, 0.25) is 0 Å². The van der Waals surface area contributed by atoms with Crippen LogP contribution < -0.4 is 10.6 Å². The minimum absolute atomic E-state index is 0. The second kappa shape index (κ2) is 6.56. The van der Waals surface area contributed by atoms with Gasteiger partial charge in [-0.15, -0.1) is 23.7 Å². The van der Waals surface area contributed by atoms with Crippen molar-refractivity contribution in [2.75, 3.05) is 20.2 Å². The summed E-state index contributed by atoms with van der Waals surface area (Å²) in [5.74, 6) is -0.0901. The molecule has 1 aromatic rings. The molecule has 2 atom stereocenters. The summed E-state index contributed by atoms with van der Waals surface area (Å²) >= 11 is 7.06. The number of carbonyl (C=O) groups is 1. The average molecular weight is 297 g/mol. The predicted octanol–water partition coefficient (Wildman–Crippen LogP) is 1.54. The van der Waals surface area contributed by atoms with Crippen LogP contribution in [0.4, 0.5) is 0 Å². The summed E-state index contributed by atoms with van der Waals surface area (Å²) in [6.45, 7) is 1.51. The van der Waals surface area contributed by atoms with Gasteiger partial charge in [-0.1, -0.05) is 11.6 Å². The predicted molar refractivity (Wildman–Crippen MR) is 71.5 cm³/mol. The van der Waals surface area contributed by atoms with E-state index in [-0.39, 0.29) is 30.5 Å². The second-order valence-electron chi connectivity index (χ2n) is 3.62. The molecule has 2 heterocycles. The van der Waals surface area contributed by atoms with E-state index in [4.69, 9.17) is 16.3 Å². The van der Waals surface area contributed by atoms with Crippen LogP contribution in [0.15, 0.2) is 12.1 Å². The van der Waals surface area contributed by atoms with Crippen molar-refractivity contribution >= 4 is 41.3 Å². The molecule has 0 aliphatic carbocycles. The molecule has 2 N–H and O–H groups in total. The molecule has 0 aromatic carbocycles. The molecule has 1 saturated heterocycles. The lowest BCUT2D eigenvalue weighted by atomic mass is 10.2. The number of nitrogens with one attached hydrogen (secondary N) is 2. The Morgan fingerprint density at radius 1 is 1.59 bits per heavy atom. The largest absolute Gasteiger partial charge is 0.378 e. The van der Waals surface area contributed by atoms with Crippen LogP contribution in [-0.2, 0) is 4.74 Å². The number of hydrogen-bond donors (Lipinski definition) is 2. The zero-order valence-corrected chi connectivity index (χ0v) is 11.6. The molecule has 96 valence electrons. The van der Waals surface area contributed by atoms with Gasteiger partial charge in [-0.05, 0) is 12.1 Å². The van der Waals surface area contributed by atoms with Crippen LogP contribution in [0.1, 0.15) is 9.67 Å². The number of ether oxygens (including phenoxy) is 1. The smallest absolute Gasteiger partial charge is 0.261 e. The van der Waals surface area contributed by atoms with Gasteiger partial charge in [0.05, 0.1) is 21.4 Å². The van der Waals surface area contributed by atoms with E-state index in [1.54, 1.807) is 19.2 Å². The standard InChI is InChI=1S/C10H13ClN2O2S.ClH/c1-15-7-5-12-4-6(7)13-10(14)8-2-3-9(11)16-8;/h2-3,6-7,12H,4-5H2,1H3,(H,13,14);1H. The van der Waals surface area contributed by atoms with E-state index < -0.39 is 0 Å². The quantitative estimate of drug-likeness (QED) is 0.890. The minimum atomic E-state index is -0.0901. The molecular weight excluding hydrogens is 283 g/mol. The van der Waals surface area contributed by atoms with Crippen molar-refractivity contribution in [2.45, 2.75) is 12.1 Å². The highest BCUT2D eigenvalue weighted by Crippen LogP contribution is 2.21. The first kappa shape index (κ1) is 14.7. The van der Waals surface area contributed by atoms with Crippen LogP contribution in [0.25, 0.3) is 0 Å². The third-order valence-corrected chi connectivity index (χ3v) is 3.80. The van der Waals surface area contributed by atoms with Crippen LogP contribution >= 0.6 is 35.3 Å². The van der Waals surface area contributed by atoms with Crippen molar-refractivity contribution in [1.82, 2.24) is 10.6 Å². The molecule has 2 unspecified atom stereocenters. The Balaban J connectivity index is 0.00000144. The van der Waals surface area contributed by atoms with Gasteiger partial charge in [0.1, 0.15) is 0 Å². The number of amides is 1. The lowest BCUT2D eigenvalue weighted by Gasteiger charge is -2.17. The first-order valence-electron chi connectivity index (χ1n) is 5.00. The highest BCUT2D eigenvalue weighted by atomic mass is 35.5. The van der Waals surface area contributed by atoms with E-state index in [1.807, 2.05) is 0 Å². The number of methoxy groups -OCH3 is 1. The van der Waals surface area contributed by atoms with E-state index in [9.17, 15) is 4.79 Å². The number of rotatable bonds is 3. The normalized spacial score (nSPS) is 23.2. The Morgan fingerprint density at radius 2 is 2.35 bits per heavy atom. The minimum Gasteiger partial charge on any atom is -0.378 e. The Morgan fingerprint density at radius 3 is 2.94 bits per heavy atom. The van der Waals surface area contributed by atoms with Gasteiger partial charge in [-0.2, -0.15) is 0 Å². The van der Waals surface area contributed by atoms with Crippen LogP contribution in [-0.4, -0.2) is 38.3 Å². The van der Waals surface area contributed by atoms with E-state index >= 15 is 0 Å². The number of halogens is 2. The molecule has 1 aromatic heterocycles. The molecule has 1 aliphatic rings. The van der Waals surface area contributed by atoms with Crippen LogP contribution in [0.2, 0.25) is 4.34 Å². The maximum absolute atomic E-state index is 11.8. The van der Waals surface area contributed by atoms with Gasteiger partial charge in [0.15, 0.2) is 0 Å². The molecule has 2 rings (SSSR count). The first-order valence-corrected chi connectivity index (χ1v) is 6.20. The molecule has 1 amide bonds. The third kappa shape index (κ3) is 3.56. The highest BCUT2D eigenvalue weighted by molar-refractivity contribution is 7.17. The lowest BCUT2D eigenvalue weighted by Crippen LogP contribution is -2.43. The topological polar surface area (TPSA) is 50.4 Å². The van der Waals surface area contributed by atoms with Crippen molar-refractivity contribution in [2.24, 2.45) is 0 Å². The van der Waals surface area contributed by atoms with Crippen molar-refractivity contribution in [1.29, 1.82) is 0 Å². The Kier molecular flexibility index (Phi) is 5.69. The number of carbonyl (C=O) groups excluding carboxylic acids is 1. The summed E-state index contributed by atoms with van der Waals surface area (Å²) in [5, 5.41) is 6.11. The zero-order chi connectivity index (χ0) is 11.5. The molecule has 7 heteroatoms. The molecule has 4 nitrogen and oxygen atoms in total. The molecule has 0 radical (unpaired) electrons. The van der Waals surface area contributed by atoms with E-state index in [2.05, 4.69) is 10.6 Å². The molecule has 0 spiro atoms. The molecule has 1 fully saturated rings. The summed E-state index contributed by atoms with van der Waals surface area (Å²) in [7, 11) is 1.65. The SMILES string of the molecule is COC1CNCC1NC(=O)c1ccc(Cl)s1.Cl. The fraction of sp³-hybridized carbons (Fsp3) is 0.500. The fourth-order valence-electron chi connectivity index (χ4n) is 1.72. The number of thiophene rings is 1. The average Bonchev–Trinajstić information content (AvgIpc) is 2.86. The van der Waals surface area contributed by atoms with Crippen molar-refractivity contribution < 1.29 is 9.53 Å². The molecule has 0 bridgehead atoms. The van der Waals surface area contributed by atoms with Crippen molar-refractivity contribution in [3.8, 4) is 0 Å². The van der Waals surface area contributed by atoms with Crippen LogP contribution in [0.3, 0.4) is 0 Å².